The number of aryl methyl sites for hydroxylation is 1. The smallest absolute Gasteiger partial charge is 0.262 e. The van der Waals surface area contributed by atoms with Crippen molar-refractivity contribution >= 4 is 15.7 Å². The maximum atomic E-state index is 13.1. The van der Waals surface area contributed by atoms with Gasteiger partial charge >= 0.3 is 0 Å². The Balaban J connectivity index is 1.56. The zero-order valence-corrected chi connectivity index (χ0v) is 17.4. The highest BCUT2D eigenvalue weighted by atomic mass is 32.2. The summed E-state index contributed by atoms with van der Waals surface area (Å²) in [4.78, 5) is 3.36. The van der Waals surface area contributed by atoms with E-state index in [4.69, 9.17) is 0 Å². The van der Waals surface area contributed by atoms with Crippen molar-refractivity contribution in [2.45, 2.75) is 43.5 Å². The third-order valence-electron chi connectivity index (χ3n) is 5.43. The lowest BCUT2D eigenvalue weighted by molar-refractivity contribution is 0.459. The Morgan fingerprint density at radius 3 is 2.72 bits per heavy atom. The molecule has 1 aromatic heterocycles. The van der Waals surface area contributed by atoms with Gasteiger partial charge in [-0.15, -0.1) is 0 Å². The molecule has 1 aliphatic carbocycles. The monoisotopic (exact) mass is 409 g/mol. The molecule has 0 radical (unpaired) electrons. The molecule has 152 valence electrons. The summed E-state index contributed by atoms with van der Waals surface area (Å²) >= 11 is 0. The van der Waals surface area contributed by atoms with Gasteiger partial charge in [0.15, 0.2) is 0 Å². The van der Waals surface area contributed by atoms with Gasteiger partial charge in [0.2, 0.25) is 0 Å². The number of benzene rings is 2. The van der Waals surface area contributed by atoms with Gasteiger partial charge in [-0.1, -0.05) is 31.2 Å². The maximum Gasteiger partial charge on any atom is 0.262 e. The second-order valence-corrected chi connectivity index (χ2v) is 9.21. The Kier molecular flexibility index (Phi) is 5.74. The Hall–Kier alpha value is -2.57. The fraction of sp³-hybridized carbons (Fsp3) is 0.304. The lowest BCUT2D eigenvalue weighted by Gasteiger charge is -2.26. The highest BCUT2D eigenvalue weighted by Gasteiger charge is 2.22. The second kappa shape index (κ2) is 8.43. The summed E-state index contributed by atoms with van der Waals surface area (Å²) in [6, 6.07) is 17.2. The maximum absolute atomic E-state index is 13.1. The fourth-order valence-electron chi connectivity index (χ4n) is 3.97. The number of sulfonamides is 1. The summed E-state index contributed by atoms with van der Waals surface area (Å²) in [7, 11) is -3.70. The molecule has 2 aromatic carbocycles. The van der Waals surface area contributed by atoms with Crippen LogP contribution in [0.4, 0.5) is 5.69 Å². The number of rotatable bonds is 7. The Bertz CT molecular complexity index is 1080. The number of fused-ring (bicyclic) bond motifs is 1. The first kappa shape index (κ1) is 19.7. The molecule has 29 heavy (non-hydrogen) atoms. The van der Waals surface area contributed by atoms with Crippen LogP contribution >= 0.6 is 0 Å². The minimum absolute atomic E-state index is 0.268. The molecule has 0 spiro atoms. The minimum Gasteiger partial charge on any atom is -0.361 e. The Labute approximate surface area is 172 Å². The van der Waals surface area contributed by atoms with E-state index >= 15 is 0 Å². The normalized spacial score (nSPS) is 16.4. The van der Waals surface area contributed by atoms with Gasteiger partial charge < -0.3 is 10.3 Å². The molecular formula is C23H27N3O2S. The number of hydrogen-bond donors (Lipinski definition) is 3. The van der Waals surface area contributed by atoms with Gasteiger partial charge in [0.25, 0.3) is 10.0 Å². The van der Waals surface area contributed by atoms with Crippen LogP contribution in [0, 0.1) is 0 Å². The molecule has 0 saturated heterocycles. The van der Waals surface area contributed by atoms with Crippen molar-refractivity contribution in [3.63, 3.8) is 0 Å². The Morgan fingerprint density at radius 2 is 1.93 bits per heavy atom. The number of aromatic nitrogens is 1. The van der Waals surface area contributed by atoms with E-state index in [1.54, 1.807) is 18.3 Å². The van der Waals surface area contributed by atoms with Crippen molar-refractivity contribution in [3.05, 3.63) is 71.9 Å². The van der Waals surface area contributed by atoms with E-state index in [1.807, 2.05) is 36.4 Å². The number of aromatic amines is 1. The molecule has 1 heterocycles. The molecule has 5 nitrogen and oxygen atoms in total. The molecule has 4 rings (SSSR count). The van der Waals surface area contributed by atoms with Crippen LogP contribution in [0.3, 0.4) is 0 Å². The van der Waals surface area contributed by atoms with Gasteiger partial charge in [-0.2, -0.15) is 0 Å². The van der Waals surface area contributed by atoms with Crippen molar-refractivity contribution in [1.82, 2.24) is 10.3 Å². The number of H-pyrrole nitrogens is 1. The number of hydrogen-bond acceptors (Lipinski definition) is 3. The first-order valence-corrected chi connectivity index (χ1v) is 11.7. The van der Waals surface area contributed by atoms with Crippen LogP contribution in [-0.2, 0) is 22.9 Å². The van der Waals surface area contributed by atoms with Gasteiger partial charge in [-0.05, 0) is 73.7 Å². The average Bonchev–Trinajstić information content (AvgIpc) is 3.27. The van der Waals surface area contributed by atoms with Crippen LogP contribution < -0.4 is 10.0 Å². The molecular weight excluding hydrogens is 382 g/mol. The van der Waals surface area contributed by atoms with Crippen molar-refractivity contribution < 1.29 is 8.42 Å². The van der Waals surface area contributed by atoms with Crippen molar-refractivity contribution in [2.24, 2.45) is 0 Å². The average molecular weight is 410 g/mol. The summed E-state index contributed by atoms with van der Waals surface area (Å²) < 4.78 is 29.0. The molecule has 1 aliphatic rings. The van der Waals surface area contributed by atoms with Gasteiger partial charge in [-0.3, -0.25) is 4.72 Å². The van der Waals surface area contributed by atoms with Gasteiger partial charge in [-0.25, -0.2) is 8.42 Å². The molecule has 0 fully saturated rings. The predicted octanol–water partition coefficient (Wildman–Crippen LogP) is 4.34. The molecule has 3 aromatic rings. The van der Waals surface area contributed by atoms with E-state index in [-0.39, 0.29) is 4.90 Å². The predicted molar refractivity (Wildman–Crippen MR) is 118 cm³/mol. The van der Waals surface area contributed by atoms with Gasteiger partial charge in [0, 0.05) is 29.2 Å². The van der Waals surface area contributed by atoms with Crippen molar-refractivity contribution in [3.8, 4) is 11.3 Å². The first-order valence-electron chi connectivity index (χ1n) is 10.2. The summed E-state index contributed by atoms with van der Waals surface area (Å²) in [6.07, 6.45) is 5.97. The molecule has 3 N–H and O–H groups in total. The van der Waals surface area contributed by atoms with E-state index in [0.717, 1.165) is 37.9 Å². The zero-order valence-electron chi connectivity index (χ0n) is 16.6. The minimum atomic E-state index is -3.70. The van der Waals surface area contributed by atoms with Crippen molar-refractivity contribution in [2.75, 3.05) is 11.3 Å². The highest BCUT2D eigenvalue weighted by Crippen LogP contribution is 2.29. The van der Waals surface area contributed by atoms with Crippen LogP contribution in [0.5, 0.6) is 0 Å². The molecule has 0 amide bonds. The van der Waals surface area contributed by atoms with E-state index < -0.39 is 10.0 Å². The fourth-order valence-corrected chi connectivity index (χ4v) is 5.25. The standard InChI is InChI=1S/C23H27N3O2S/c1-2-13-24-19-11-9-18-16-20(12-10-17(18)15-19)26-29(27,28)23-8-4-3-6-21(23)22-7-5-14-25-22/h3-8,10,12,14,16,19,24-26H,2,9,11,13,15H2,1H3/t19-/m0/s1. The quantitative estimate of drug-likeness (QED) is 0.543. The molecule has 0 saturated carbocycles. The van der Waals surface area contributed by atoms with E-state index in [9.17, 15) is 8.42 Å². The molecule has 0 unspecified atom stereocenters. The lowest BCUT2D eigenvalue weighted by atomic mass is 9.88. The molecule has 6 heteroatoms. The van der Waals surface area contributed by atoms with Crippen LogP contribution in [0.15, 0.2) is 65.7 Å². The molecule has 0 bridgehead atoms. The number of nitrogens with one attached hydrogen (secondary N) is 3. The number of anilines is 1. The van der Waals surface area contributed by atoms with E-state index in [0.29, 0.717) is 17.3 Å². The first-order chi connectivity index (χ1) is 14.1. The summed E-state index contributed by atoms with van der Waals surface area (Å²) in [5.41, 5.74) is 4.59. The molecule has 1 atom stereocenters. The van der Waals surface area contributed by atoms with Crippen molar-refractivity contribution in [1.29, 1.82) is 0 Å². The third kappa shape index (κ3) is 4.38. The Morgan fingerprint density at radius 1 is 1.07 bits per heavy atom. The van der Waals surface area contributed by atoms with Crippen LogP contribution in [0.25, 0.3) is 11.3 Å². The summed E-state index contributed by atoms with van der Waals surface area (Å²) in [6.45, 7) is 3.22. The van der Waals surface area contributed by atoms with Crippen LogP contribution in [-0.4, -0.2) is 26.0 Å². The topological polar surface area (TPSA) is 74.0 Å². The van der Waals surface area contributed by atoms with Crippen LogP contribution in [0.2, 0.25) is 0 Å². The molecule has 0 aliphatic heterocycles. The van der Waals surface area contributed by atoms with Gasteiger partial charge in [0.05, 0.1) is 4.90 Å². The summed E-state index contributed by atoms with van der Waals surface area (Å²) in [5.74, 6) is 0. The highest BCUT2D eigenvalue weighted by molar-refractivity contribution is 7.92. The SMILES string of the molecule is CCCN[C@H]1CCc2cc(NS(=O)(=O)c3ccccc3-c3ccc[nH]3)ccc2C1. The zero-order chi connectivity index (χ0) is 20.3. The summed E-state index contributed by atoms with van der Waals surface area (Å²) in [5, 5.41) is 3.59. The second-order valence-electron chi connectivity index (χ2n) is 7.56. The van der Waals surface area contributed by atoms with E-state index in [1.165, 1.54) is 11.1 Å². The third-order valence-corrected chi connectivity index (χ3v) is 6.87. The largest absolute Gasteiger partial charge is 0.361 e. The van der Waals surface area contributed by atoms with E-state index in [2.05, 4.69) is 28.0 Å². The lowest BCUT2D eigenvalue weighted by Crippen LogP contribution is -2.35. The van der Waals surface area contributed by atoms with Gasteiger partial charge in [0.1, 0.15) is 0 Å². The van der Waals surface area contributed by atoms with Crippen LogP contribution in [0.1, 0.15) is 30.9 Å².